The Morgan fingerprint density at radius 1 is 1.12 bits per heavy atom. The highest BCUT2D eigenvalue weighted by Crippen LogP contribution is 2.17. The Labute approximate surface area is 145 Å². The van der Waals surface area contributed by atoms with Crippen molar-refractivity contribution in [3.05, 3.63) is 66.1 Å². The van der Waals surface area contributed by atoms with Crippen LogP contribution in [-0.2, 0) is 16.1 Å². The Balaban J connectivity index is 1.54. The zero-order chi connectivity index (χ0) is 17.6. The van der Waals surface area contributed by atoms with Gasteiger partial charge in [0.15, 0.2) is 12.7 Å². The average Bonchev–Trinajstić information content (AvgIpc) is 3.10. The molecule has 0 aliphatic carbocycles. The van der Waals surface area contributed by atoms with E-state index in [-0.39, 0.29) is 12.5 Å². The standard InChI is InChI=1S/C19H18N2O4/c1-13-8-10-15(11-9-13)18-20-17(25-21-18)12-23-19(22)14(2)24-16-6-4-3-5-7-16/h3-11,14H,12H2,1-2H3/t14-/m0/s1. The first-order chi connectivity index (χ1) is 12.1. The SMILES string of the molecule is Cc1ccc(-c2noc(COC(=O)[C@H](C)Oc3ccccc3)n2)cc1. The number of carbonyl (C=O) groups is 1. The minimum absolute atomic E-state index is 0.0970. The van der Waals surface area contributed by atoms with E-state index in [9.17, 15) is 4.79 Å². The monoisotopic (exact) mass is 338 g/mol. The molecule has 0 N–H and O–H groups in total. The summed E-state index contributed by atoms with van der Waals surface area (Å²) in [7, 11) is 0. The Morgan fingerprint density at radius 2 is 1.84 bits per heavy atom. The number of carbonyl (C=O) groups excluding carboxylic acids is 1. The van der Waals surface area contributed by atoms with E-state index in [0.717, 1.165) is 11.1 Å². The number of para-hydroxylation sites is 1. The summed E-state index contributed by atoms with van der Waals surface area (Å²) in [6.07, 6.45) is -0.734. The van der Waals surface area contributed by atoms with Crippen molar-refractivity contribution < 1.29 is 18.8 Å². The lowest BCUT2D eigenvalue weighted by Gasteiger charge is -2.12. The Hall–Kier alpha value is -3.15. The molecule has 0 unspecified atom stereocenters. The predicted molar refractivity (Wildman–Crippen MR) is 90.8 cm³/mol. The van der Waals surface area contributed by atoms with Crippen LogP contribution in [0.4, 0.5) is 0 Å². The molecule has 1 heterocycles. The molecule has 0 aliphatic rings. The minimum atomic E-state index is -0.734. The predicted octanol–water partition coefficient (Wildman–Crippen LogP) is 3.56. The quantitative estimate of drug-likeness (QED) is 0.640. The second kappa shape index (κ2) is 7.61. The summed E-state index contributed by atoms with van der Waals surface area (Å²) in [4.78, 5) is 16.2. The Bertz CT molecular complexity index is 828. The first kappa shape index (κ1) is 16.7. The van der Waals surface area contributed by atoms with E-state index in [0.29, 0.717) is 11.6 Å². The van der Waals surface area contributed by atoms with E-state index in [2.05, 4.69) is 10.1 Å². The van der Waals surface area contributed by atoms with Gasteiger partial charge in [0.25, 0.3) is 5.89 Å². The summed E-state index contributed by atoms with van der Waals surface area (Å²) >= 11 is 0. The molecule has 3 aromatic rings. The zero-order valence-electron chi connectivity index (χ0n) is 14.0. The van der Waals surface area contributed by atoms with Gasteiger partial charge in [-0.25, -0.2) is 4.79 Å². The van der Waals surface area contributed by atoms with E-state index in [1.165, 1.54) is 0 Å². The summed E-state index contributed by atoms with van der Waals surface area (Å²) in [6, 6.07) is 16.8. The molecular formula is C19H18N2O4. The first-order valence-corrected chi connectivity index (χ1v) is 7.90. The number of nitrogens with zero attached hydrogens (tertiary/aromatic N) is 2. The summed E-state index contributed by atoms with van der Waals surface area (Å²) < 4.78 is 15.8. The molecule has 3 rings (SSSR count). The molecule has 2 aromatic carbocycles. The van der Waals surface area contributed by atoms with Gasteiger partial charge in [0.2, 0.25) is 5.82 Å². The molecule has 128 valence electrons. The van der Waals surface area contributed by atoms with Crippen LogP contribution >= 0.6 is 0 Å². The molecule has 0 aliphatic heterocycles. The fourth-order valence-electron chi connectivity index (χ4n) is 2.13. The third-order valence-corrected chi connectivity index (χ3v) is 3.50. The van der Waals surface area contributed by atoms with Crippen LogP contribution in [0.5, 0.6) is 5.75 Å². The summed E-state index contributed by atoms with van der Waals surface area (Å²) in [6.45, 7) is 3.53. The molecule has 6 nitrogen and oxygen atoms in total. The second-order valence-electron chi connectivity index (χ2n) is 5.56. The maximum absolute atomic E-state index is 12.0. The molecule has 0 bridgehead atoms. The van der Waals surface area contributed by atoms with Gasteiger partial charge < -0.3 is 14.0 Å². The van der Waals surface area contributed by atoms with Crippen LogP contribution in [-0.4, -0.2) is 22.2 Å². The molecule has 6 heteroatoms. The van der Waals surface area contributed by atoms with Gasteiger partial charge in [0, 0.05) is 5.56 Å². The molecule has 0 radical (unpaired) electrons. The van der Waals surface area contributed by atoms with Crippen LogP contribution in [0.2, 0.25) is 0 Å². The third kappa shape index (κ3) is 4.44. The summed E-state index contributed by atoms with van der Waals surface area (Å²) in [5, 5.41) is 3.90. The topological polar surface area (TPSA) is 74.5 Å². The number of rotatable bonds is 6. The fourth-order valence-corrected chi connectivity index (χ4v) is 2.13. The van der Waals surface area contributed by atoms with Crippen molar-refractivity contribution in [2.75, 3.05) is 0 Å². The van der Waals surface area contributed by atoms with Gasteiger partial charge in [-0.2, -0.15) is 4.98 Å². The smallest absolute Gasteiger partial charge is 0.347 e. The van der Waals surface area contributed by atoms with Gasteiger partial charge >= 0.3 is 5.97 Å². The molecular weight excluding hydrogens is 320 g/mol. The van der Waals surface area contributed by atoms with Crippen LogP contribution in [0.25, 0.3) is 11.4 Å². The number of benzene rings is 2. The van der Waals surface area contributed by atoms with Crippen molar-refractivity contribution in [2.24, 2.45) is 0 Å². The van der Waals surface area contributed by atoms with Crippen molar-refractivity contribution in [1.29, 1.82) is 0 Å². The zero-order valence-corrected chi connectivity index (χ0v) is 14.0. The molecule has 25 heavy (non-hydrogen) atoms. The van der Waals surface area contributed by atoms with Crippen molar-refractivity contribution in [3.63, 3.8) is 0 Å². The van der Waals surface area contributed by atoms with E-state index in [4.69, 9.17) is 14.0 Å². The van der Waals surface area contributed by atoms with Crippen molar-refractivity contribution in [3.8, 4) is 17.1 Å². The number of hydrogen-bond acceptors (Lipinski definition) is 6. The molecule has 1 atom stereocenters. The van der Waals surface area contributed by atoms with Crippen molar-refractivity contribution in [1.82, 2.24) is 10.1 Å². The summed E-state index contributed by atoms with van der Waals surface area (Å²) in [5.41, 5.74) is 1.99. The number of aryl methyl sites for hydroxylation is 1. The second-order valence-corrected chi connectivity index (χ2v) is 5.56. The van der Waals surface area contributed by atoms with Crippen molar-refractivity contribution >= 4 is 5.97 Å². The van der Waals surface area contributed by atoms with E-state index in [1.807, 2.05) is 49.4 Å². The van der Waals surface area contributed by atoms with Crippen molar-refractivity contribution in [2.45, 2.75) is 26.6 Å². The summed E-state index contributed by atoms with van der Waals surface area (Å²) in [5.74, 6) is 0.792. The molecule has 0 saturated carbocycles. The van der Waals surface area contributed by atoms with Gasteiger partial charge in [-0.1, -0.05) is 53.2 Å². The number of ether oxygens (including phenoxy) is 2. The number of aromatic nitrogens is 2. The van der Waals surface area contributed by atoms with E-state index >= 15 is 0 Å². The number of hydrogen-bond donors (Lipinski definition) is 0. The van der Waals surface area contributed by atoms with E-state index < -0.39 is 12.1 Å². The highest BCUT2D eigenvalue weighted by molar-refractivity contribution is 5.74. The molecule has 0 saturated heterocycles. The van der Waals surface area contributed by atoms with Crippen LogP contribution < -0.4 is 4.74 Å². The maximum Gasteiger partial charge on any atom is 0.347 e. The Kier molecular flexibility index (Phi) is 5.09. The molecule has 0 amide bonds. The largest absolute Gasteiger partial charge is 0.479 e. The number of esters is 1. The van der Waals surface area contributed by atoms with Gasteiger partial charge in [-0.15, -0.1) is 0 Å². The fraction of sp³-hybridized carbons (Fsp3) is 0.211. The highest BCUT2D eigenvalue weighted by atomic mass is 16.6. The van der Waals surface area contributed by atoms with Crippen LogP contribution in [0.1, 0.15) is 18.4 Å². The third-order valence-electron chi connectivity index (χ3n) is 3.50. The average molecular weight is 338 g/mol. The molecule has 0 fully saturated rings. The van der Waals surface area contributed by atoms with Crippen LogP contribution in [0.15, 0.2) is 59.1 Å². The van der Waals surface area contributed by atoms with Gasteiger partial charge in [-0.05, 0) is 26.0 Å². The lowest BCUT2D eigenvalue weighted by molar-refractivity contribution is -0.153. The molecule has 1 aromatic heterocycles. The van der Waals surface area contributed by atoms with Crippen LogP contribution in [0.3, 0.4) is 0 Å². The van der Waals surface area contributed by atoms with E-state index in [1.54, 1.807) is 19.1 Å². The Morgan fingerprint density at radius 3 is 2.56 bits per heavy atom. The normalized spacial score (nSPS) is 11.8. The highest BCUT2D eigenvalue weighted by Gasteiger charge is 2.18. The maximum atomic E-state index is 12.0. The van der Waals surface area contributed by atoms with Gasteiger partial charge in [0.1, 0.15) is 5.75 Å². The van der Waals surface area contributed by atoms with Gasteiger partial charge in [-0.3, -0.25) is 0 Å². The lowest BCUT2D eigenvalue weighted by Crippen LogP contribution is -2.26. The minimum Gasteiger partial charge on any atom is -0.479 e. The lowest BCUT2D eigenvalue weighted by atomic mass is 10.1. The first-order valence-electron chi connectivity index (χ1n) is 7.90. The van der Waals surface area contributed by atoms with Crippen LogP contribution in [0, 0.1) is 6.92 Å². The van der Waals surface area contributed by atoms with Gasteiger partial charge in [0.05, 0.1) is 0 Å². The molecule has 0 spiro atoms.